The fourth-order valence-electron chi connectivity index (χ4n) is 4.38. The summed E-state index contributed by atoms with van der Waals surface area (Å²) in [5.41, 5.74) is 0.964. The molecule has 3 aromatic rings. The number of amides is 2. The van der Waals surface area contributed by atoms with E-state index in [9.17, 15) is 18.0 Å². The Morgan fingerprint density at radius 2 is 1.57 bits per heavy atom. The molecule has 12 heteroatoms. The van der Waals surface area contributed by atoms with Gasteiger partial charge in [0.25, 0.3) is 10.0 Å². The molecule has 0 aromatic heterocycles. The minimum Gasteiger partial charge on any atom is -0.494 e. The molecule has 0 saturated heterocycles. The zero-order chi connectivity index (χ0) is 30.9. The van der Waals surface area contributed by atoms with Crippen LogP contribution in [0.1, 0.15) is 25.8 Å². The first-order valence-corrected chi connectivity index (χ1v) is 15.1. The summed E-state index contributed by atoms with van der Waals surface area (Å²) >= 11 is 6.05. The van der Waals surface area contributed by atoms with Crippen LogP contribution in [0, 0.1) is 0 Å². The van der Waals surface area contributed by atoms with Crippen molar-refractivity contribution in [2.45, 2.75) is 37.8 Å². The molecule has 1 atom stereocenters. The first-order chi connectivity index (χ1) is 20.1. The number of methoxy groups -OCH3 is 2. The third-order valence-electron chi connectivity index (χ3n) is 6.56. The van der Waals surface area contributed by atoms with Gasteiger partial charge in [-0.15, -0.1) is 0 Å². The second kappa shape index (κ2) is 14.8. The van der Waals surface area contributed by atoms with Crippen LogP contribution in [-0.4, -0.2) is 65.6 Å². The summed E-state index contributed by atoms with van der Waals surface area (Å²) in [7, 11) is 0.0294. The Bertz CT molecular complexity index is 1470. The summed E-state index contributed by atoms with van der Waals surface area (Å²) in [5, 5.41) is 3.13. The Morgan fingerprint density at radius 1 is 0.929 bits per heavy atom. The fourth-order valence-corrected chi connectivity index (χ4v) is 5.94. The van der Waals surface area contributed by atoms with Gasteiger partial charge in [0, 0.05) is 24.7 Å². The number of halogens is 1. The number of carbonyl (C=O) groups excluding carboxylic acids is 2. The molecule has 0 radical (unpaired) electrons. The highest BCUT2D eigenvalue weighted by Gasteiger charge is 2.34. The highest BCUT2D eigenvalue weighted by molar-refractivity contribution is 7.92. The highest BCUT2D eigenvalue weighted by Crippen LogP contribution is 2.33. The number of hydrogen-bond donors (Lipinski definition) is 1. The Hall–Kier alpha value is -3.96. The summed E-state index contributed by atoms with van der Waals surface area (Å²) in [5.74, 6) is 0.178. The van der Waals surface area contributed by atoms with Gasteiger partial charge < -0.3 is 24.4 Å². The minimum absolute atomic E-state index is 0.0649. The van der Waals surface area contributed by atoms with E-state index in [1.165, 1.54) is 44.4 Å². The average molecular weight is 618 g/mol. The zero-order valence-corrected chi connectivity index (χ0v) is 25.9. The van der Waals surface area contributed by atoms with Crippen molar-refractivity contribution >= 4 is 39.1 Å². The summed E-state index contributed by atoms with van der Waals surface area (Å²) in [6.45, 7) is 3.54. The first kappa shape index (κ1) is 32.6. The van der Waals surface area contributed by atoms with Crippen LogP contribution in [0.3, 0.4) is 0 Å². The van der Waals surface area contributed by atoms with Gasteiger partial charge in [-0.2, -0.15) is 0 Å². The molecule has 0 bridgehead atoms. The Kier molecular flexibility index (Phi) is 11.5. The maximum atomic E-state index is 14.1. The molecular weight excluding hydrogens is 582 g/mol. The number of nitrogens with zero attached hydrogens (tertiary/aromatic N) is 2. The normalized spacial score (nSPS) is 11.8. The molecule has 2 amide bonds. The largest absolute Gasteiger partial charge is 0.494 e. The van der Waals surface area contributed by atoms with Crippen LogP contribution in [0.4, 0.5) is 5.69 Å². The van der Waals surface area contributed by atoms with Crippen LogP contribution < -0.4 is 23.8 Å². The third-order valence-corrected chi connectivity index (χ3v) is 8.58. The highest BCUT2D eigenvalue weighted by atomic mass is 35.5. The lowest BCUT2D eigenvalue weighted by Crippen LogP contribution is -2.51. The number of rotatable bonds is 14. The number of nitrogens with one attached hydrogen (secondary N) is 1. The van der Waals surface area contributed by atoms with Crippen molar-refractivity contribution in [3.05, 3.63) is 77.3 Å². The van der Waals surface area contributed by atoms with E-state index in [2.05, 4.69) is 5.32 Å². The topological polar surface area (TPSA) is 114 Å². The zero-order valence-electron chi connectivity index (χ0n) is 24.3. The molecule has 0 aliphatic carbocycles. The standard InChI is InChI=1S/C30H36ClN3O7S/c1-6-26(30(36)32-3)33(19-21-8-10-22(31)11-9-21)29(35)20-34(23-12-14-24(15-13-23)41-7-2)42(37,38)25-16-17-27(39-4)28(18-25)40-5/h8-18,26H,6-7,19-20H2,1-5H3,(H,32,36)/t26-/m1/s1. The Balaban J connectivity index is 2.10. The van der Waals surface area contributed by atoms with Crippen molar-refractivity contribution in [2.24, 2.45) is 0 Å². The molecule has 42 heavy (non-hydrogen) atoms. The Labute approximate surface area is 252 Å². The molecular formula is C30H36ClN3O7S. The third kappa shape index (κ3) is 7.65. The number of ether oxygens (including phenoxy) is 3. The molecule has 10 nitrogen and oxygen atoms in total. The molecule has 0 aliphatic heterocycles. The lowest BCUT2D eigenvalue weighted by Gasteiger charge is -2.33. The maximum absolute atomic E-state index is 14.1. The van der Waals surface area contributed by atoms with Gasteiger partial charge in [0.2, 0.25) is 11.8 Å². The fraction of sp³-hybridized carbons (Fsp3) is 0.333. The van der Waals surface area contributed by atoms with Crippen molar-refractivity contribution in [2.75, 3.05) is 38.7 Å². The van der Waals surface area contributed by atoms with Crippen molar-refractivity contribution < 1.29 is 32.2 Å². The summed E-state index contributed by atoms with van der Waals surface area (Å²) < 4.78 is 45.4. The lowest BCUT2D eigenvalue weighted by atomic mass is 10.1. The first-order valence-electron chi connectivity index (χ1n) is 13.3. The van der Waals surface area contributed by atoms with Crippen molar-refractivity contribution in [3.63, 3.8) is 0 Å². The van der Waals surface area contributed by atoms with Gasteiger partial charge in [0.1, 0.15) is 18.3 Å². The van der Waals surface area contributed by atoms with E-state index in [0.29, 0.717) is 29.5 Å². The van der Waals surface area contributed by atoms with E-state index in [1.54, 1.807) is 55.5 Å². The smallest absolute Gasteiger partial charge is 0.264 e. The SMILES string of the molecule is CCOc1ccc(N(CC(=O)N(Cc2ccc(Cl)cc2)[C@H](CC)C(=O)NC)S(=O)(=O)c2ccc(OC)c(OC)c2)cc1. The molecule has 0 heterocycles. The molecule has 0 saturated carbocycles. The van der Waals surface area contributed by atoms with Crippen LogP contribution in [-0.2, 0) is 26.2 Å². The predicted octanol–water partition coefficient (Wildman–Crippen LogP) is 4.50. The van der Waals surface area contributed by atoms with E-state index in [0.717, 1.165) is 9.87 Å². The molecule has 0 aliphatic rings. The van der Waals surface area contributed by atoms with Crippen LogP contribution >= 0.6 is 11.6 Å². The summed E-state index contributed by atoms with van der Waals surface area (Å²) in [4.78, 5) is 28.1. The molecule has 0 spiro atoms. The van der Waals surface area contributed by atoms with Gasteiger partial charge in [-0.25, -0.2) is 8.42 Å². The number of likely N-dealkylation sites (N-methyl/N-ethyl adjacent to an activating group) is 1. The van der Waals surface area contributed by atoms with Crippen molar-refractivity contribution in [1.82, 2.24) is 10.2 Å². The summed E-state index contributed by atoms with van der Waals surface area (Å²) in [6, 6.07) is 16.6. The van der Waals surface area contributed by atoms with E-state index >= 15 is 0 Å². The van der Waals surface area contributed by atoms with Crippen LogP contribution in [0.25, 0.3) is 0 Å². The molecule has 0 fully saturated rings. The van der Waals surface area contributed by atoms with Crippen LogP contribution in [0.15, 0.2) is 71.6 Å². The van der Waals surface area contributed by atoms with E-state index in [4.69, 9.17) is 25.8 Å². The average Bonchev–Trinajstić information content (AvgIpc) is 3.00. The number of carbonyl (C=O) groups is 2. The molecule has 1 N–H and O–H groups in total. The van der Waals surface area contributed by atoms with Crippen LogP contribution in [0.2, 0.25) is 5.02 Å². The van der Waals surface area contributed by atoms with E-state index in [-0.39, 0.29) is 28.8 Å². The van der Waals surface area contributed by atoms with Crippen LogP contribution in [0.5, 0.6) is 17.2 Å². The second-order valence-electron chi connectivity index (χ2n) is 9.14. The molecule has 3 rings (SSSR count). The van der Waals surface area contributed by atoms with E-state index in [1.807, 2.05) is 6.92 Å². The number of benzene rings is 3. The number of anilines is 1. The van der Waals surface area contributed by atoms with E-state index < -0.39 is 28.5 Å². The van der Waals surface area contributed by atoms with Crippen molar-refractivity contribution in [1.29, 1.82) is 0 Å². The number of sulfonamides is 1. The van der Waals surface area contributed by atoms with Gasteiger partial charge in [-0.3, -0.25) is 13.9 Å². The molecule has 0 unspecified atom stereocenters. The van der Waals surface area contributed by atoms with Gasteiger partial charge in [-0.1, -0.05) is 30.7 Å². The maximum Gasteiger partial charge on any atom is 0.264 e. The monoisotopic (exact) mass is 617 g/mol. The lowest BCUT2D eigenvalue weighted by molar-refractivity contribution is -0.140. The second-order valence-corrected chi connectivity index (χ2v) is 11.4. The van der Waals surface area contributed by atoms with Gasteiger partial charge in [0.15, 0.2) is 11.5 Å². The minimum atomic E-state index is -4.31. The van der Waals surface area contributed by atoms with Crippen molar-refractivity contribution in [3.8, 4) is 17.2 Å². The predicted molar refractivity (Wildman–Crippen MR) is 162 cm³/mol. The van der Waals surface area contributed by atoms with Gasteiger partial charge in [0.05, 0.1) is 31.4 Å². The quantitative estimate of drug-likeness (QED) is 0.283. The Morgan fingerprint density at radius 3 is 2.12 bits per heavy atom. The van der Waals surface area contributed by atoms with Gasteiger partial charge in [-0.05, 0) is 67.4 Å². The summed E-state index contributed by atoms with van der Waals surface area (Å²) in [6.07, 6.45) is 0.310. The molecule has 226 valence electrons. The van der Waals surface area contributed by atoms with Gasteiger partial charge >= 0.3 is 0 Å². The number of hydrogen-bond acceptors (Lipinski definition) is 7. The molecule has 3 aromatic carbocycles.